The maximum absolute atomic E-state index is 14.6. The van der Waals surface area contributed by atoms with Gasteiger partial charge in [-0.15, -0.1) is 0 Å². The Kier molecular flexibility index (Phi) is 5.19. The van der Waals surface area contributed by atoms with Crippen LogP contribution in [-0.2, 0) is 24.2 Å². The monoisotopic (exact) mass is 344 g/mol. The highest BCUT2D eigenvalue weighted by molar-refractivity contribution is 5.93. The second-order valence-corrected chi connectivity index (χ2v) is 5.89. The highest BCUT2D eigenvalue weighted by atomic mass is 19.1. The number of nitrogens with one attached hydrogen (secondary N) is 2. The summed E-state index contributed by atoms with van der Waals surface area (Å²) in [7, 11) is 3.10. The van der Waals surface area contributed by atoms with Crippen LogP contribution in [0.2, 0.25) is 0 Å². The fourth-order valence-corrected chi connectivity index (χ4v) is 3.02. The summed E-state index contributed by atoms with van der Waals surface area (Å²) in [5.41, 5.74) is 2.51. The van der Waals surface area contributed by atoms with Gasteiger partial charge in [-0.2, -0.15) is 0 Å². The van der Waals surface area contributed by atoms with Crippen molar-refractivity contribution in [2.24, 2.45) is 0 Å². The third-order valence-corrected chi connectivity index (χ3v) is 4.32. The SMILES string of the molecule is COc1ccc(OC)c(CC(=O)Nc2ccc3c(c2F)CCNC3)c1. The average Bonchev–Trinajstić information content (AvgIpc) is 2.64. The number of methoxy groups -OCH3 is 2. The summed E-state index contributed by atoms with van der Waals surface area (Å²) in [6, 6.07) is 8.72. The van der Waals surface area contributed by atoms with Crippen molar-refractivity contribution < 1.29 is 18.7 Å². The van der Waals surface area contributed by atoms with Gasteiger partial charge in [0.25, 0.3) is 0 Å². The molecule has 0 saturated heterocycles. The molecule has 0 bridgehead atoms. The van der Waals surface area contributed by atoms with E-state index in [1.54, 1.807) is 38.5 Å². The molecule has 1 aliphatic rings. The molecule has 3 rings (SSSR count). The second kappa shape index (κ2) is 7.53. The summed E-state index contributed by atoms with van der Waals surface area (Å²) in [6.07, 6.45) is 0.688. The van der Waals surface area contributed by atoms with Crippen LogP contribution in [0, 0.1) is 5.82 Å². The minimum Gasteiger partial charge on any atom is -0.497 e. The zero-order chi connectivity index (χ0) is 17.8. The predicted octanol–water partition coefficient (Wildman–Crippen LogP) is 2.67. The molecule has 2 aromatic rings. The molecule has 1 amide bonds. The number of carbonyl (C=O) groups excluding carboxylic acids is 1. The molecule has 0 saturated carbocycles. The smallest absolute Gasteiger partial charge is 0.229 e. The Morgan fingerprint density at radius 3 is 2.84 bits per heavy atom. The van der Waals surface area contributed by atoms with Gasteiger partial charge in [0.15, 0.2) is 0 Å². The summed E-state index contributed by atoms with van der Waals surface area (Å²) in [5.74, 6) is 0.577. The molecule has 0 fully saturated rings. The van der Waals surface area contributed by atoms with E-state index in [0.717, 1.165) is 12.1 Å². The predicted molar refractivity (Wildman–Crippen MR) is 93.7 cm³/mol. The van der Waals surface area contributed by atoms with Gasteiger partial charge >= 0.3 is 0 Å². The van der Waals surface area contributed by atoms with E-state index in [0.29, 0.717) is 35.6 Å². The number of rotatable bonds is 5. The van der Waals surface area contributed by atoms with Crippen LogP contribution in [0.3, 0.4) is 0 Å². The topological polar surface area (TPSA) is 59.6 Å². The largest absolute Gasteiger partial charge is 0.497 e. The van der Waals surface area contributed by atoms with E-state index >= 15 is 0 Å². The van der Waals surface area contributed by atoms with Crippen LogP contribution in [0.25, 0.3) is 0 Å². The summed E-state index contributed by atoms with van der Waals surface area (Å²) < 4.78 is 25.1. The van der Waals surface area contributed by atoms with Crippen LogP contribution in [-0.4, -0.2) is 26.7 Å². The van der Waals surface area contributed by atoms with E-state index in [1.807, 2.05) is 6.07 Å². The highest BCUT2D eigenvalue weighted by Crippen LogP contribution is 2.27. The standard InChI is InChI=1S/C19H21FN2O3/c1-24-14-4-6-17(25-2)13(9-14)10-18(23)22-16-5-3-12-11-21-8-7-15(12)19(16)20/h3-6,9,21H,7-8,10-11H2,1-2H3,(H,22,23). The van der Waals surface area contributed by atoms with Gasteiger partial charge in [-0.1, -0.05) is 6.07 Å². The minimum absolute atomic E-state index is 0.0679. The maximum Gasteiger partial charge on any atom is 0.229 e. The number of hydrogen-bond acceptors (Lipinski definition) is 4. The number of fused-ring (bicyclic) bond motifs is 1. The molecule has 25 heavy (non-hydrogen) atoms. The van der Waals surface area contributed by atoms with E-state index in [4.69, 9.17) is 9.47 Å². The van der Waals surface area contributed by atoms with Gasteiger partial charge in [-0.25, -0.2) is 4.39 Å². The summed E-state index contributed by atoms with van der Waals surface area (Å²) in [5, 5.41) is 5.87. The van der Waals surface area contributed by atoms with Crippen molar-refractivity contribution in [3.63, 3.8) is 0 Å². The molecule has 5 nitrogen and oxygen atoms in total. The van der Waals surface area contributed by atoms with E-state index in [9.17, 15) is 9.18 Å². The zero-order valence-electron chi connectivity index (χ0n) is 14.3. The summed E-state index contributed by atoms with van der Waals surface area (Å²) in [6.45, 7) is 1.39. The molecule has 2 aromatic carbocycles. The number of anilines is 1. The molecule has 2 N–H and O–H groups in total. The van der Waals surface area contributed by atoms with Crippen LogP contribution < -0.4 is 20.1 Å². The molecule has 0 radical (unpaired) electrons. The molecule has 0 aliphatic carbocycles. The normalized spacial score (nSPS) is 13.1. The van der Waals surface area contributed by atoms with Crippen LogP contribution >= 0.6 is 0 Å². The number of amides is 1. The van der Waals surface area contributed by atoms with Gasteiger partial charge in [0.1, 0.15) is 17.3 Å². The number of carbonyl (C=O) groups is 1. The summed E-state index contributed by atoms with van der Waals surface area (Å²) >= 11 is 0. The highest BCUT2D eigenvalue weighted by Gasteiger charge is 2.18. The van der Waals surface area contributed by atoms with Crippen molar-refractivity contribution in [3.05, 3.63) is 52.8 Å². The second-order valence-electron chi connectivity index (χ2n) is 5.89. The van der Waals surface area contributed by atoms with Crippen molar-refractivity contribution >= 4 is 11.6 Å². The molecule has 0 unspecified atom stereocenters. The zero-order valence-corrected chi connectivity index (χ0v) is 14.3. The van der Waals surface area contributed by atoms with Crippen LogP contribution in [0.1, 0.15) is 16.7 Å². The molecular formula is C19H21FN2O3. The molecule has 132 valence electrons. The van der Waals surface area contributed by atoms with Gasteiger partial charge in [0.2, 0.25) is 5.91 Å². The summed E-state index contributed by atoms with van der Waals surface area (Å²) in [4.78, 5) is 12.4. The molecule has 1 aliphatic heterocycles. The van der Waals surface area contributed by atoms with Gasteiger partial charge in [0.05, 0.1) is 26.3 Å². The molecule has 0 aromatic heterocycles. The number of ether oxygens (including phenoxy) is 2. The number of benzene rings is 2. The quantitative estimate of drug-likeness (QED) is 0.876. The van der Waals surface area contributed by atoms with Crippen molar-refractivity contribution in [2.75, 3.05) is 26.1 Å². The fraction of sp³-hybridized carbons (Fsp3) is 0.316. The van der Waals surface area contributed by atoms with E-state index < -0.39 is 0 Å². The van der Waals surface area contributed by atoms with Crippen LogP contribution in [0.15, 0.2) is 30.3 Å². The molecule has 0 atom stereocenters. The van der Waals surface area contributed by atoms with Crippen molar-refractivity contribution in [2.45, 2.75) is 19.4 Å². The maximum atomic E-state index is 14.6. The van der Waals surface area contributed by atoms with Crippen LogP contribution in [0.5, 0.6) is 11.5 Å². The van der Waals surface area contributed by atoms with E-state index in [-0.39, 0.29) is 23.8 Å². The van der Waals surface area contributed by atoms with Crippen molar-refractivity contribution in [3.8, 4) is 11.5 Å². The lowest BCUT2D eigenvalue weighted by Gasteiger charge is -2.19. The average molecular weight is 344 g/mol. The molecular weight excluding hydrogens is 323 g/mol. The Morgan fingerprint density at radius 2 is 2.08 bits per heavy atom. The Bertz CT molecular complexity index is 792. The lowest BCUT2D eigenvalue weighted by Crippen LogP contribution is -2.25. The first-order chi connectivity index (χ1) is 12.1. The fourth-order valence-electron chi connectivity index (χ4n) is 3.02. The van der Waals surface area contributed by atoms with Gasteiger partial charge in [0, 0.05) is 12.1 Å². The van der Waals surface area contributed by atoms with Crippen LogP contribution in [0.4, 0.5) is 10.1 Å². The first kappa shape index (κ1) is 17.2. The van der Waals surface area contributed by atoms with Crippen molar-refractivity contribution in [1.82, 2.24) is 5.32 Å². The number of hydrogen-bond donors (Lipinski definition) is 2. The van der Waals surface area contributed by atoms with E-state index in [1.165, 1.54) is 0 Å². The third-order valence-electron chi connectivity index (χ3n) is 4.32. The Morgan fingerprint density at radius 1 is 1.24 bits per heavy atom. The molecule has 1 heterocycles. The van der Waals surface area contributed by atoms with E-state index in [2.05, 4.69) is 10.6 Å². The van der Waals surface area contributed by atoms with Gasteiger partial charge in [-0.3, -0.25) is 4.79 Å². The first-order valence-corrected chi connectivity index (χ1v) is 8.14. The third kappa shape index (κ3) is 3.74. The number of halogens is 1. The van der Waals surface area contributed by atoms with Gasteiger partial charge < -0.3 is 20.1 Å². The Labute approximate surface area is 146 Å². The first-order valence-electron chi connectivity index (χ1n) is 8.14. The molecule has 0 spiro atoms. The Hall–Kier alpha value is -2.60. The lowest BCUT2D eigenvalue weighted by molar-refractivity contribution is -0.115. The van der Waals surface area contributed by atoms with Crippen molar-refractivity contribution in [1.29, 1.82) is 0 Å². The molecule has 6 heteroatoms. The lowest BCUT2D eigenvalue weighted by atomic mass is 9.99. The minimum atomic E-state index is -0.343. The Balaban J connectivity index is 1.77. The van der Waals surface area contributed by atoms with Gasteiger partial charge in [-0.05, 0) is 48.4 Å².